The fourth-order valence-electron chi connectivity index (χ4n) is 2.43. The molecule has 0 unspecified atom stereocenters. The molecule has 1 aromatic carbocycles. The number of hydrogen-bond acceptors (Lipinski definition) is 5. The lowest BCUT2D eigenvalue weighted by Crippen LogP contribution is -1.90. The molecule has 0 spiro atoms. The van der Waals surface area contributed by atoms with Gasteiger partial charge >= 0.3 is 0 Å². The molecule has 0 aliphatic heterocycles. The second-order valence-corrected chi connectivity index (χ2v) is 7.46. The van der Waals surface area contributed by atoms with Crippen LogP contribution in [0.15, 0.2) is 47.1 Å². The predicted octanol–water partition coefficient (Wildman–Crippen LogP) is 5.49. The van der Waals surface area contributed by atoms with Crippen LogP contribution in [0.1, 0.15) is 11.1 Å². The number of thiophene rings is 1. The minimum Gasteiger partial charge on any atom is -0.236 e. The van der Waals surface area contributed by atoms with E-state index in [2.05, 4.69) is 52.2 Å². The summed E-state index contributed by atoms with van der Waals surface area (Å²) in [4.78, 5) is 14.2. The second kappa shape index (κ2) is 6.07. The molecule has 0 bridgehead atoms. The predicted molar refractivity (Wildman–Crippen MR) is 98.5 cm³/mol. The van der Waals surface area contributed by atoms with Crippen LogP contribution in [-0.2, 0) is 5.75 Å². The SMILES string of the molecule is Cc1ccc2cc(CSc3ncnc4sccc34)c(Cl)nc2c1. The largest absolute Gasteiger partial charge is 0.236 e. The number of pyridine rings is 1. The Morgan fingerprint density at radius 2 is 2.09 bits per heavy atom. The Bertz CT molecular complexity index is 1010. The summed E-state index contributed by atoms with van der Waals surface area (Å²) in [5.41, 5.74) is 3.14. The van der Waals surface area contributed by atoms with E-state index in [1.54, 1.807) is 29.4 Å². The summed E-state index contributed by atoms with van der Waals surface area (Å²) >= 11 is 9.66. The van der Waals surface area contributed by atoms with Crippen molar-refractivity contribution in [3.8, 4) is 0 Å². The van der Waals surface area contributed by atoms with Crippen molar-refractivity contribution < 1.29 is 0 Å². The highest BCUT2D eigenvalue weighted by atomic mass is 35.5. The topological polar surface area (TPSA) is 38.7 Å². The Kier molecular flexibility index (Phi) is 3.93. The molecule has 0 saturated heterocycles. The van der Waals surface area contributed by atoms with Crippen LogP contribution < -0.4 is 0 Å². The summed E-state index contributed by atoms with van der Waals surface area (Å²) in [5.74, 6) is 0.734. The van der Waals surface area contributed by atoms with Gasteiger partial charge in [0.1, 0.15) is 21.3 Å². The Balaban J connectivity index is 1.66. The molecule has 23 heavy (non-hydrogen) atoms. The van der Waals surface area contributed by atoms with Crippen LogP contribution in [0.25, 0.3) is 21.1 Å². The molecule has 0 N–H and O–H groups in total. The van der Waals surface area contributed by atoms with Gasteiger partial charge in [-0.05, 0) is 36.1 Å². The van der Waals surface area contributed by atoms with Gasteiger partial charge in [0.15, 0.2) is 0 Å². The number of aryl methyl sites for hydroxylation is 1. The van der Waals surface area contributed by atoms with Gasteiger partial charge in [-0.25, -0.2) is 15.0 Å². The van der Waals surface area contributed by atoms with Crippen molar-refractivity contribution in [1.29, 1.82) is 0 Å². The lowest BCUT2D eigenvalue weighted by atomic mass is 10.1. The number of hydrogen-bond donors (Lipinski definition) is 0. The number of nitrogens with zero attached hydrogens (tertiary/aromatic N) is 3. The standard InChI is InChI=1S/C17H12ClN3S2/c1-10-2-3-11-7-12(15(18)21-14(11)6-10)8-23-17-13-4-5-22-16(13)19-9-20-17/h2-7,9H,8H2,1H3. The maximum absolute atomic E-state index is 6.36. The van der Waals surface area contributed by atoms with Crippen LogP contribution in [0.4, 0.5) is 0 Å². The van der Waals surface area contributed by atoms with Gasteiger partial charge in [-0.3, -0.25) is 0 Å². The average Bonchev–Trinajstić information content (AvgIpc) is 3.02. The van der Waals surface area contributed by atoms with Crippen molar-refractivity contribution in [2.45, 2.75) is 17.7 Å². The molecule has 4 aromatic rings. The summed E-state index contributed by atoms with van der Waals surface area (Å²) in [7, 11) is 0. The first kappa shape index (κ1) is 14.9. The Morgan fingerprint density at radius 3 is 3.00 bits per heavy atom. The zero-order chi connectivity index (χ0) is 15.8. The zero-order valence-electron chi connectivity index (χ0n) is 12.3. The number of halogens is 1. The van der Waals surface area contributed by atoms with E-state index in [-0.39, 0.29) is 0 Å². The van der Waals surface area contributed by atoms with Crippen LogP contribution in [0.2, 0.25) is 5.15 Å². The summed E-state index contributed by atoms with van der Waals surface area (Å²) in [6.07, 6.45) is 1.62. The van der Waals surface area contributed by atoms with E-state index >= 15 is 0 Å². The van der Waals surface area contributed by atoms with Crippen LogP contribution in [0, 0.1) is 6.92 Å². The van der Waals surface area contributed by atoms with Gasteiger partial charge in [-0.2, -0.15) is 0 Å². The molecule has 0 saturated carbocycles. The van der Waals surface area contributed by atoms with Gasteiger partial charge in [-0.15, -0.1) is 23.1 Å². The van der Waals surface area contributed by atoms with E-state index < -0.39 is 0 Å². The zero-order valence-corrected chi connectivity index (χ0v) is 14.7. The molecule has 6 heteroatoms. The Labute approximate surface area is 146 Å². The van der Waals surface area contributed by atoms with E-state index in [9.17, 15) is 0 Å². The first-order valence-corrected chi connectivity index (χ1v) is 9.32. The van der Waals surface area contributed by atoms with Crippen molar-refractivity contribution in [2.75, 3.05) is 0 Å². The number of aromatic nitrogens is 3. The monoisotopic (exact) mass is 357 g/mol. The molecule has 3 aromatic heterocycles. The lowest BCUT2D eigenvalue weighted by molar-refractivity contribution is 1.11. The number of fused-ring (bicyclic) bond motifs is 2. The lowest BCUT2D eigenvalue weighted by Gasteiger charge is -2.07. The van der Waals surface area contributed by atoms with Crippen molar-refractivity contribution >= 4 is 55.8 Å². The molecule has 4 rings (SSSR count). The first-order chi connectivity index (χ1) is 11.2. The van der Waals surface area contributed by atoms with Crippen LogP contribution in [0.5, 0.6) is 0 Å². The summed E-state index contributed by atoms with van der Waals surface area (Å²) in [5, 5.41) is 5.79. The van der Waals surface area contributed by atoms with Gasteiger partial charge in [-0.1, -0.05) is 23.7 Å². The molecule has 0 atom stereocenters. The van der Waals surface area contributed by atoms with Crippen LogP contribution in [-0.4, -0.2) is 15.0 Å². The maximum Gasteiger partial charge on any atom is 0.133 e. The molecule has 0 fully saturated rings. The van der Waals surface area contributed by atoms with Gasteiger partial charge in [0.25, 0.3) is 0 Å². The smallest absolute Gasteiger partial charge is 0.133 e. The highest BCUT2D eigenvalue weighted by Gasteiger charge is 2.09. The number of thioether (sulfide) groups is 1. The minimum absolute atomic E-state index is 0.561. The van der Waals surface area contributed by atoms with E-state index in [0.717, 1.165) is 37.5 Å². The van der Waals surface area contributed by atoms with E-state index in [1.807, 2.05) is 5.38 Å². The first-order valence-electron chi connectivity index (χ1n) is 7.07. The van der Waals surface area contributed by atoms with Crippen molar-refractivity contribution in [1.82, 2.24) is 15.0 Å². The fourth-order valence-corrected chi connectivity index (χ4v) is 4.47. The quantitative estimate of drug-likeness (QED) is 0.276. The summed E-state index contributed by atoms with van der Waals surface area (Å²) in [6, 6.07) is 10.4. The molecule has 0 amide bonds. The number of rotatable bonds is 3. The highest BCUT2D eigenvalue weighted by molar-refractivity contribution is 7.98. The third kappa shape index (κ3) is 2.92. The van der Waals surface area contributed by atoms with E-state index in [1.165, 1.54) is 5.56 Å². The molecule has 0 aliphatic rings. The molecule has 0 radical (unpaired) electrons. The normalized spacial score (nSPS) is 11.4. The van der Waals surface area contributed by atoms with Gasteiger partial charge in [0.2, 0.25) is 0 Å². The van der Waals surface area contributed by atoms with Gasteiger partial charge < -0.3 is 0 Å². The number of benzene rings is 1. The molecule has 114 valence electrons. The molecular formula is C17H12ClN3S2. The van der Waals surface area contributed by atoms with Crippen molar-refractivity contribution in [2.24, 2.45) is 0 Å². The van der Waals surface area contributed by atoms with E-state index in [4.69, 9.17) is 11.6 Å². The molecule has 3 heterocycles. The van der Waals surface area contributed by atoms with E-state index in [0.29, 0.717) is 5.15 Å². The maximum atomic E-state index is 6.36. The Morgan fingerprint density at radius 1 is 1.17 bits per heavy atom. The van der Waals surface area contributed by atoms with Gasteiger partial charge in [0.05, 0.1) is 5.52 Å². The summed E-state index contributed by atoms with van der Waals surface area (Å²) in [6.45, 7) is 2.06. The molecule has 0 aliphatic carbocycles. The fraction of sp³-hybridized carbons (Fsp3) is 0.118. The Hall–Kier alpha value is -1.69. The van der Waals surface area contributed by atoms with Crippen LogP contribution in [0.3, 0.4) is 0 Å². The summed E-state index contributed by atoms with van der Waals surface area (Å²) < 4.78 is 0. The van der Waals surface area contributed by atoms with Crippen molar-refractivity contribution in [3.05, 3.63) is 58.3 Å². The van der Waals surface area contributed by atoms with Crippen LogP contribution >= 0.6 is 34.7 Å². The average molecular weight is 358 g/mol. The molecule has 3 nitrogen and oxygen atoms in total. The highest BCUT2D eigenvalue weighted by Crippen LogP contribution is 2.32. The third-order valence-electron chi connectivity index (χ3n) is 3.59. The van der Waals surface area contributed by atoms with Gasteiger partial charge in [0, 0.05) is 22.1 Å². The third-order valence-corrected chi connectivity index (χ3v) is 5.79. The minimum atomic E-state index is 0.561. The molecular weight excluding hydrogens is 346 g/mol. The second-order valence-electron chi connectivity index (χ2n) is 5.24. The van der Waals surface area contributed by atoms with Crippen molar-refractivity contribution in [3.63, 3.8) is 0 Å².